The Kier molecular flexibility index (Phi) is 5.92. The fourth-order valence-corrected chi connectivity index (χ4v) is 4.47. The first-order valence-corrected chi connectivity index (χ1v) is 10.4. The smallest absolute Gasteiger partial charge is 0.155 e. The molecular formula is C16H18Br3NOS. The van der Waals surface area contributed by atoms with E-state index < -0.39 is 13.1 Å². The van der Waals surface area contributed by atoms with Crippen molar-refractivity contribution < 1.29 is 4.21 Å². The van der Waals surface area contributed by atoms with Crippen molar-refractivity contribution in [2.45, 2.75) is 33.7 Å². The van der Waals surface area contributed by atoms with Gasteiger partial charge >= 0.3 is 0 Å². The fourth-order valence-electron chi connectivity index (χ4n) is 2.00. The minimum Gasteiger partial charge on any atom is -0.242 e. The second kappa shape index (κ2) is 7.01. The zero-order chi connectivity index (χ0) is 16.5. The van der Waals surface area contributed by atoms with E-state index in [-0.39, 0.29) is 10.8 Å². The number of halogens is 3. The minimum atomic E-state index is -1.19. The van der Waals surface area contributed by atoms with Crippen LogP contribution in [0.25, 0.3) is 10.8 Å². The zero-order valence-corrected chi connectivity index (χ0v) is 18.1. The van der Waals surface area contributed by atoms with E-state index in [2.05, 4.69) is 82.8 Å². The number of hydrogen-bond donors (Lipinski definition) is 1. The summed E-state index contributed by atoms with van der Waals surface area (Å²) in [6, 6.07) is 14.2. The van der Waals surface area contributed by atoms with E-state index in [1.165, 1.54) is 5.39 Å². The van der Waals surface area contributed by atoms with Crippen LogP contribution in [0.1, 0.15) is 32.4 Å². The Morgan fingerprint density at radius 3 is 2.14 bits per heavy atom. The first kappa shape index (κ1) is 18.6. The molecule has 120 valence electrons. The van der Waals surface area contributed by atoms with Crippen LogP contribution >= 0.6 is 47.8 Å². The Morgan fingerprint density at radius 2 is 1.59 bits per heavy atom. The molecule has 6 heteroatoms. The largest absolute Gasteiger partial charge is 0.242 e. The lowest BCUT2D eigenvalue weighted by Crippen LogP contribution is -2.40. The number of rotatable bonds is 3. The van der Waals surface area contributed by atoms with E-state index >= 15 is 0 Å². The van der Waals surface area contributed by atoms with Gasteiger partial charge in [0.15, 0.2) is 2.14 Å². The standard InChI is InChI=1S/C16H18Br3NOS/c1-15(2,3)22(21)20-14(16(17,18)19)13-9-8-11-6-4-5-7-12(11)10-13/h4-10,14,20H,1-3H3/t14-,22?/m0/s1. The molecule has 0 aromatic heterocycles. The molecule has 0 aliphatic heterocycles. The molecule has 2 rings (SSSR count). The van der Waals surface area contributed by atoms with Crippen LogP contribution in [-0.2, 0) is 11.0 Å². The predicted octanol–water partition coefficient (Wildman–Crippen LogP) is 5.77. The van der Waals surface area contributed by atoms with Crippen LogP contribution in [0.3, 0.4) is 0 Å². The van der Waals surface area contributed by atoms with E-state index in [0.29, 0.717) is 0 Å². The highest BCUT2D eigenvalue weighted by Crippen LogP contribution is 2.46. The molecule has 0 spiro atoms. The van der Waals surface area contributed by atoms with Gasteiger partial charge in [0.2, 0.25) is 0 Å². The summed E-state index contributed by atoms with van der Waals surface area (Å²) in [5.41, 5.74) is 1.04. The van der Waals surface area contributed by atoms with Crippen LogP contribution in [0.4, 0.5) is 0 Å². The van der Waals surface area contributed by atoms with Gasteiger partial charge in [0, 0.05) is 0 Å². The van der Waals surface area contributed by atoms with Crippen molar-refractivity contribution in [2.75, 3.05) is 0 Å². The molecule has 22 heavy (non-hydrogen) atoms. The van der Waals surface area contributed by atoms with E-state index in [1.807, 2.05) is 32.9 Å². The van der Waals surface area contributed by atoms with Gasteiger partial charge in [-0.15, -0.1) is 0 Å². The second-order valence-corrected chi connectivity index (χ2v) is 15.0. The molecule has 0 amide bonds. The normalized spacial score (nSPS) is 15.7. The van der Waals surface area contributed by atoms with Gasteiger partial charge in [0.25, 0.3) is 0 Å². The molecular weight excluding hydrogens is 494 g/mol. The summed E-state index contributed by atoms with van der Waals surface area (Å²) in [5, 5.41) is 2.34. The van der Waals surface area contributed by atoms with E-state index in [4.69, 9.17) is 0 Å². The first-order chi connectivity index (χ1) is 10.1. The topological polar surface area (TPSA) is 29.1 Å². The first-order valence-electron chi connectivity index (χ1n) is 6.82. The van der Waals surface area contributed by atoms with Crippen LogP contribution in [0.5, 0.6) is 0 Å². The second-order valence-electron chi connectivity index (χ2n) is 6.08. The third-order valence-corrected chi connectivity index (χ3v) is 6.15. The van der Waals surface area contributed by atoms with Crippen LogP contribution in [0, 0.1) is 0 Å². The van der Waals surface area contributed by atoms with Crippen molar-refractivity contribution in [3.63, 3.8) is 0 Å². The van der Waals surface area contributed by atoms with Gasteiger partial charge in [-0.2, -0.15) is 0 Å². The van der Waals surface area contributed by atoms with Crippen LogP contribution in [0.15, 0.2) is 42.5 Å². The highest BCUT2D eigenvalue weighted by molar-refractivity contribution is 9.39. The predicted molar refractivity (Wildman–Crippen MR) is 107 cm³/mol. The third kappa shape index (κ3) is 4.63. The molecule has 2 aromatic rings. The van der Waals surface area contributed by atoms with Gasteiger partial charge in [-0.05, 0) is 43.2 Å². The summed E-state index contributed by atoms with van der Waals surface area (Å²) >= 11 is 10.7. The molecule has 0 saturated carbocycles. The maximum atomic E-state index is 12.5. The third-order valence-electron chi connectivity index (χ3n) is 3.22. The Balaban J connectivity index is 2.42. The monoisotopic (exact) mass is 509 g/mol. The maximum Gasteiger partial charge on any atom is 0.155 e. The highest BCUT2D eigenvalue weighted by Gasteiger charge is 2.35. The van der Waals surface area contributed by atoms with Crippen molar-refractivity contribution in [2.24, 2.45) is 0 Å². The van der Waals surface area contributed by atoms with Gasteiger partial charge in [-0.25, -0.2) is 8.93 Å². The van der Waals surface area contributed by atoms with Crippen molar-refractivity contribution in [3.05, 3.63) is 48.0 Å². The molecule has 2 aromatic carbocycles. The lowest BCUT2D eigenvalue weighted by Gasteiger charge is -2.30. The van der Waals surface area contributed by atoms with Gasteiger partial charge in [-0.3, -0.25) is 0 Å². The molecule has 0 aliphatic carbocycles. The number of hydrogen-bond acceptors (Lipinski definition) is 1. The van der Waals surface area contributed by atoms with Gasteiger partial charge in [-0.1, -0.05) is 84.2 Å². The molecule has 2 atom stereocenters. The van der Waals surface area contributed by atoms with Crippen LogP contribution < -0.4 is 4.72 Å². The van der Waals surface area contributed by atoms with Crippen molar-refractivity contribution in [1.29, 1.82) is 0 Å². The number of nitrogens with one attached hydrogen (secondary N) is 1. The van der Waals surface area contributed by atoms with Gasteiger partial charge in [0.1, 0.15) is 0 Å². The quantitative estimate of drug-likeness (QED) is 0.521. The summed E-state index contributed by atoms with van der Waals surface area (Å²) in [5.74, 6) is 0. The van der Waals surface area contributed by atoms with Crippen molar-refractivity contribution in [1.82, 2.24) is 4.72 Å². The van der Waals surface area contributed by atoms with Crippen molar-refractivity contribution >= 4 is 69.5 Å². The van der Waals surface area contributed by atoms with Gasteiger partial charge in [0.05, 0.1) is 21.8 Å². The van der Waals surface area contributed by atoms with E-state index in [0.717, 1.165) is 10.9 Å². The van der Waals surface area contributed by atoms with Crippen molar-refractivity contribution in [3.8, 4) is 0 Å². The molecule has 1 unspecified atom stereocenters. The molecule has 0 fully saturated rings. The summed E-state index contributed by atoms with van der Waals surface area (Å²) in [6.45, 7) is 5.85. The number of fused-ring (bicyclic) bond motifs is 1. The van der Waals surface area contributed by atoms with Crippen LogP contribution in [-0.4, -0.2) is 11.1 Å². The lowest BCUT2D eigenvalue weighted by molar-refractivity contribution is 0.612. The Bertz CT molecular complexity index is 692. The average Bonchev–Trinajstić information content (AvgIpc) is 2.41. The summed E-state index contributed by atoms with van der Waals surface area (Å²) < 4.78 is 14.8. The average molecular weight is 512 g/mol. The Morgan fingerprint density at radius 1 is 1.00 bits per heavy atom. The Labute approximate surface area is 159 Å². The van der Waals surface area contributed by atoms with Gasteiger partial charge < -0.3 is 0 Å². The van der Waals surface area contributed by atoms with Crippen LogP contribution in [0.2, 0.25) is 0 Å². The Hall–Kier alpha value is 0.250. The van der Waals surface area contributed by atoms with E-state index in [1.54, 1.807) is 0 Å². The summed E-state index contributed by atoms with van der Waals surface area (Å²) in [4.78, 5) is 0. The molecule has 1 N–H and O–H groups in total. The highest BCUT2D eigenvalue weighted by atomic mass is 80.0. The number of benzene rings is 2. The zero-order valence-electron chi connectivity index (χ0n) is 12.6. The lowest BCUT2D eigenvalue weighted by atomic mass is 10.0. The molecule has 0 aliphatic rings. The molecule has 0 heterocycles. The molecule has 0 saturated heterocycles. The molecule has 0 radical (unpaired) electrons. The molecule has 0 bridgehead atoms. The number of alkyl halides is 3. The molecule has 2 nitrogen and oxygen atoms in total. The summed E-state index contributed by atoms with van der Waals surface area (Å²) in [7, 11) is -1.19. The summed E-state index contributed by atoms with van der Waals surface area (Å²) in [6.07, 6.45) is 0. The maximum absolute atomic E-state index is 12.5. The fraction of sp³-hybridized carbons (Fsp3) is 0.375. The SMILES string of the molecule is CC(C)(C)S(=O)N[C@@H](c1ccc2ccccc2c1)C(Br)(Br)Br. The van der Waals surface area contributed by atoms with E-state index in [9.17, 15) is 4.21 Å². The minimum absolute atomic E-state index is 0.211.